The van der Waals surface area contributed by atoms with Crippen molar-refractivity contribution in [2.24, 2.45) is 5.73 Å². The van der Waals surface area contributed by atoms with Crippen LogP contribution in [0.15, 0.2) is 22.8 Å². The van der Waals surface area contributed by atoms with E-state index in [9.17, 15) is 13.2 Å². The topological polar surface area (TPSA) is 43.8 Å². The molecular formula is C13H13BrF3N3. The monoisotopic (exact) mass is 347 g/mol. The average Bonchev–Trinajstić information content (AvgIpc) is 2.76. The zero-order valence-electron chi connectivity index (χ0n) is 10.7. The lowest BCUT2D eigenvalue weighted by Crippen LogP contribution is -2.19. The van der Waals surface area contributed by atoms with E-state index in [1.54, 1.807) is 10.9 Å². The summed E-state index contributed by atoms with van der Waals surface area (Å²) in [5.74, 6) is -4.01. The van der Waals surface area contributed by atoms with Gasteiger partial charge in [-0.15, -0.1) is 0 Å². The average molecular weight is 348 g/mol. The van der Waals surface area contributed by atoms with Crippen LogP contribution in [0, 0.1) is 17.5 Å². The Kier molecular flexibility index (Phi) is 4.49. The van der Waals surface area contributed by atoms with Gasteiger partial charge in [0.25, 0.3) is 0 Å². The smallest absolute Gasteiger partial charge is 0.194 e. The standard InChI is InChI=1S/C13H13BrF3N3/c1-2-3-20-13(8(14)6-19-20)12(18)7-4-9(15)11(17)10(16)5-7/h4-6,12H,2-3,18H2,1H3. The predicted molar refractivity (Wildman–Crippen MR) is 72.6 cm³/mol. The Morgan fingerprint density at radius 2 is 1.90 bits per heavy atom. The quantitative estimate of drug-likeness (QED) is 0.860. The van der Waals surface area contributed by atoms with Gasteiger partial charge in [-0.1, -0.05) is 6.92 Å². The molecule has 2 rings (SSSR count). The summed E-state index contributed by atoms with van der Waals surface area (Å²) in [5.41, 5.74) is 6.78. The van der Waals surface area contributed by atoms with Crippen molar-refractivity contribution in [2.45, 2.75) is 25.9 Å². The first kappa shape index (κ1) is 15.1. The molecule has 0 amide bonds. The summed E-state index contributed by atoms with van der Waals surface area (Å²) in [4.78, 5) is 0. The fraction of sp³-hybridized carbons (Fsp3) is 0.308. The Bertz CT molecular complexity index is 604. The molecule has 0 aliphatic carbocycles. The van der Waals surface area contributed by atoms with Crippen LogP contribution in [-0.4, -0.2) is 9.78 Å². The van der Waals surface area contributed by atoms with Crippen LogP contribution in [0.3, 0.4) is 0 Å². The Balaban J connectivity index is 2.46. The summed E-state index contributed by atoms with van der Waals surface area (Å²) in [6.45, 7) is 2.60. The van der Waals surface area contributed by atoms with Gasteiger partial charge in [0.2, 0.25) is 0 Å². The van der Waals surface area contributed by atoms with Gasteiger partial charge in [-0.3, -0.25) is 4.68 Å². The van der Waals surface area contributed by atoms with Gasteiger partial charge < -0.3 is 5.73 Å². The molecule has 3 nitrogen and oxygen atoms in total. The molecule has 0 aliphatic rings. The molecule has 0 radical (unpaired) electrons. The maximum atomic E-state index is 13.3. The normalized spacial score (nSPS) is 12.7. The molecule has 1 heterocycles. The van der Waals surface area contributed by atoms with Crippen LogP contribution in [0.1, 0.15) is 30.6 Å². The molecule has 108 valence electrons. The molecule has 0 saturated heterocycles. The molecule has 1 unspecified atom stereocenters. The second kappa shape index (κ2) is 5.97. The van der Waals surface area contributed by atoms with Gasteiger partial charge in [0.1, 0.15) is 0 Å². The lowest BCUT2D eigenvalue weighted by atomic mass is 10.0. The van der Waals surface area contributed by atoms with E-state index in [1.807, 2.05) is 6.92 Å². The molecule has 2 aromatic rings. The first-order valence-electron chi connectivity index (χ1n) is 6.07. The van der Waals surface area contributed by atoms with Gasteiger partial charge in [-0.05, 0) is 40.0 Å². The van der Waals surface area contributed by atoms with E-state index in [-0.39, 0.29) is 5.56 Å². The number of nitrogens with zero attached hydrogens (tertiary/aromatic N) is 2. The molecule has 20 heavy (non-hydrogen) atoms. The van der Waals surface area contributed by atoms with Gasteiger partial charge in [0, 0.05) is 6.54 Å². The van der Waals surface area contributed by atoms with Crippen LogP contribution < -0.4 is 5.73 Å². The molecule has 1 atom stereocenters. The lowest BCUT2D eigenvalue weighted by molar-refractivity contribution is 0.443. The minimum Gasteiger partial charge on any atom is -0.319 e. The minimum absolute atomic E-state index is 0.153. The number of aryl methyl sites for hydroxylation is 1. The van der Waals surface area contributed by atoms with Gasteiger partial charge in [-0.2, -0.15) is 5.10 Å². The van der Waals surface area contributed by atoms with Gasteiger partial charge >= 0.3 is 0 Å². The van der Waals surface area contributed by atoms with Crippen LogP contribution in [0.4, 0.5) is 13.2 Å². The summed E-state index contributed by atoms with van der Waals surface area (Å²) in [5, 5.41) is 4.14. The van der Waals surface area contributed by atoms with Crippen molar-refractivity contribution in [3.63, 3.8) is 0 Å². The summed E-state index contributed by atoms with van der Waals surface area (Å²) >= 11 is 3.31. The molecule has 0 bridgehead atoms. The van der Waals surface area contributed by atoms with Crippen molar-refractivity contribution < 1.29 is 13.2 Å². The van der Waals surface area contributed by atoms with Gasteiger partial charge in [-0.25, -0.2) is 13.2 Å². The largest absolute Gasteiger partial charge is 0.319 e. The fourth-order valence-electron chi connectivity index (χ4n) is 1.98. The van der Waals surface area contributed by atoms with Gasteiger partial charge in [0.05, 0.1) is 22.4 Å². The number of benzene rings is 1. The number of halogens is 4. The molecule has 0 fully saturated rings. The van der Waals surface area contributed by atoms with E-state index < -0.39 is 23.5 Å². The second-order valence-corrected chi connectivity index (χ2v) is 5.23. The van der Waals surface area contributed by atoms with Crippen molar-refractivity contribution in [1.29, 1.82) is 0 Å². The summed E-state index contributed by atoms with van der Waals surface area (Å²) in [6.07, 6.45) is 2.40. The number of nitrogens with two attached hydrogens (primary N) is 1. The lowest BCUT2D eigenvalue weighted by Gasteiger charge is -2.15. The van der Waals surface area contributed by atoms with E-state index in [4.69, 9.17) is 5.73 Å². The van der Waals surface area contributed by atoms with Crippen molar-refractivity contribution in [1.82, 2.24) is 9.78 Å². The number of rotatable bonds is 4. The van der Waals surface area contributed by atoms with Crippen molar-refractivity contribution >= 4 is 15.9 Å². The molecule has 0 saturated carbocycles. The highest BCUT2D eigenvalue weighted by Gasteiger charge is 2.21. The van der Waals surface area contributed by atoms with E-state index >= 15 is 0 Å². The predicted octanol–water partition coefficient (Wildman–Crippen LogP) is 3.52. The molecule has 7 heteroatoms. The Morgan fingerprint density at radius 1 is 1.30 bits per heavy atom. The van der Waals surface area contributed by atoms with E-state index in [0.717, 1.165) is 18.6 Å². The number of hydrogen-bond acceptors (Lipinski definition) is 2. The SMILES string of the molecule is CCCn1ncc(Br)c1C(N)c1cc(F)c(F)c(F)c1. The zero-order chi connectivity index (χ0) is 14.9. The Labute approximate surface area is 122 Å². The summed E-state index contributed by atoms with van der Waals surface area (Å²) in [7, 11) is 0. The Hall–Kier alpha value is -1.34. The summed E-state index contributed by atoms with van der Waals surface area (Å²) in [6, 6.07) is 1.00. The van der Waals surface area contributed by atoms with Crippen LogP contribution in [0.2, 0.25) is 0 Å². The first-order valence-corrected chi connectivity index (χ1v) is 6.86. The zero-order valence-corrected chi connectivity index (χ0v) is 12.3. The van der Waals surface area contributed by atoms with Gasteiger partial charge in [0.15, 0.2) is 17.5 Å². The second-order valence-electron chi connectivity index (χ2n) is 4.38. The first-order chi connectivity index (χ1) is 9.45. The maximum Gasteiger partial charge on any atom is 0.194 e. The van der Waals surface area contributed by atoms with Crippen molar-refractivity contribution in [3.8, 4) is 0 Å². The number of aromatic nitrogens is 2. The van der Waals surface area contributed by atoms with Crippen molar-refractivity contribution in [3.05, 3.63) is 51.5 Å². The molecule has 1 aromatic carbocycles. The third kappa shape index (κ3) is 2.73. The molecule has 0 spiro atoms. The van der Waals surface area contributed by atoms with Crippen LogP contribution in [-0.2, 0) is 6.54 Å². The Morgan fingerprint density at radius 3 is 2.45 bits per heavy atom. The fourth-order valence-corrected chi connectivity index (χ4v) is 2.53. The van der Waals surface area contributed by atoms with Crippen LogP contribution in [0.25, 0.3) is 0 Å². The van der Waals surface area contributed by atoms with Crippen LogP contribution >= 0.6 is 15.9 Å². The highest BCUT2D eigenvalue weighted by Crippen LogP contribution is 2.28. The maximum absolute atomic E-state index is 13.3. The van der Waals surface area contributed by atoms with Crippen LogP contribution in [0.5, 0.6) is 0 Å². The highest BCUT2D eigenvalue weighted by atomic mass is 79.9. The molecule has 1 aromatic heterocycles. The molecule has 0 aliphatic heterocycles. The molecular weight excluding hydrogens is 335 g/mol. The summed E-state index contributed by atoms with van der Waals surface area (Å²) < 4.78 is 41.9. The van der Waals surface area contributed by atoms with E-state index in [2.05, 4.69) is 21.0 Å². The minimum atomic E-state index is -1.50. The number of hydrogen-bond donors (Lipinski definition) is 1. The van der Waals surface area contributed by atoms with Crippen molar-refractivity contribution in [2.75, 3.05) is 0 Å². The molecule has 2 N–H and O–H groups in total. The highest BCUT2D eigenvalue weighted by molar-refractivity contribution is 9.10. The third-order valence-corrected chi connectivity index (χ3v) is 3.54. The van der Waals surface area contributed by atoms with E-state index in [1.165, 1.54) is 0 Å². The van der Waals surface area contributed by atoms with E-state index in [0.29, 0.717) is 16.7 Å². The third-order valence-electron chi connectivity index (χ3n) is 2.93.